The fourth-order valence-corrected chi connectivity index (χ4v) is 3.93. The lowest BCUT2D eigenvalue weighted by Crippen LogP contribution is -2.39. The molecular formula is C27H37F3N2S. The van der Waals surface area contributed by atoms with Gasteiger partial charge in [0.15, 0.2) is 0 Å². The van der Waals surface area contributed by atoms with E-state index in [2.05, 4.69) is 37.5 Å². The van der Waals surface area contributed by atoms with E-state index in [-0.39, 0.29) is 23.2 Å². The molecule has 33 heavy (non-hydrogen) atoms. The predicted molar refractivity (Wildman–Crippen MR) is 136 cm³/mol. The molecule has 2 atom stereocenters. The van der Waals surface area contributed by atoms with E-state index in [9.17, 15) is 13.2 Å². The summed E-state index contributed by atoms with van der Waals surface area (Å²) in [6.45, 7) is 7.32. The van der Waals surface area contributed by atoms with E-state index >= 15 is 0 Å². The van der Waals surface area contributed by atoms with Gasteiger partial charge in [-0.15, -0.1) is 0 Å². The second-order valence-electron chi connectivity index (χ2n) is 8.99. The number of allylic oxidation sites excluding steroid dienone is 2. The van der Waals surface area contributed by atoms with Crippen LogP contribution in [0.15, 0.2) is 48.0 Å². The van der Waals surface area contributed by atoms with Crippen molar-refractivity contribution < 1.29 is 13.2 Å². The van der Waals surface area contributed by atoms with Gasteiger partial charge < -0.3 is 10.6 Å². The van der Waals surface area contributed by atoms with Gasteiger partial charge in [-0.1, -0.05) is 50.6 Å². The molecule has 2 nitrogen and oxygen atoms in total. The van der Waals surface area contributed by atoms with Crippen molar-refractivity contribution in [3.8, 4) is 11.1 Å². The average Bonchev–Trinajstić information content (AvgIpc) is 3.51. The molecule has 1 aliphatic carbocycles. The smallest absolute Gasteiger partial charge is 0.134 e. The molecule has 0 amide bonds. The molecule has 0 spiro atoms. The van der Waals surface area contributed by atoms with Crippen LogP contribution in [-0.2, 0) is 6.42 Å². The lowest BCUT2D eigenvalue weighted by Gasteiger charge is -2.23. The number of likely N-dealkylation sites (tertiary alicyclic amines) is 1. The molecule has 182 valence electrons. The van der Waals surface area contributed by atoms with Crippen molar-refractivity contribution in [2.24, 2.45) is 11.7 Å². The van der Waals surface area contributed by atoms with Gasteiger partial charge in [0.2, 0.25) is 0 Å². The van der Waals surface area contributed by atoms with Crippen molar-refractivity contribution in [1.82, 2.24) is 4.90 Å². The molecule has 6 heteroatoms. The average molecular weight is 479 g/mol. The van der Waals surface area contributed by atoms with Crippen LogP contribution in [-0.4, -0.2) is 36.3 Å². The SMILES string of the molecule is CC(C)C=C1CC1.CCS.CN1CCC(N)C1Cc1cccc(-c2cc(F)ccc2F)c1F. The topological polar surface area (TPSA) is 29.3 Å². The van der Waals surface area contributed by atoms with Crippen LogP contribution in [0.1, 0.15) is 45.6 Å². The summed E-state index contributed by atoms with van der Waals surface area (Å²) >= 11 is 3.79. The van der Waals surface area contributed by atoms with Crippen molar-refractivity contribution in [2.75, 3.05) is 19.3 Å². The Bertz CT molecular complexity index is 914. The maximum Gasteiger partial charge on any atom is 0.134 e. The monoisotopic (exact) mass is 478 g/mol. The van der Waals surface area contributed by atoms with Gasteiger partial charge in [-0.3, -0.25) is 0 Å². The lowest BCUT2D eigenvalue weighted by atomic mass is 9.96. The highest BCUT2D eigenvalue weighted by atomic mass is 32.1. The minimum Gasteiger partial charge on any atom is -0.326 e. The number of hydrogen-bond donors (Lipinski definition) is 2. The van der Waals surface area contributed by atoms with Crippen molar-refractivity contribution in [1.29, 1.82) is 0 Å². The van der Waals surface area contributed by atoms with Crippen LogP contribution in [0.5, 0.6) is 0 Å². The lowest BCUT2D eigenvalue weighted by molar-refractivity contribution is 0.294. The highest BCUT2D eigenvalue weighted by Gasteiger charge is 2.30. The maximum absolute atomic E-state index is 14.8. The first-order valence-corrected chi connectivity index (χ1v) is 12.3. The van der Waals surface area contributed by atoms with Gasteiger partial charge in [0.05, 0.1) is 0 Å². The Morgan fingerprint density at radius 1 is 1.12 bits per heavy atom. The van der Waals surface area contributed by atoms with Crippen LogP contribution >= 0.6 is 12.6 Å². The number of rotatable bonds is 4. The fraction of sp³-hybridized carbons (Fsp3) is 0.481. The van der Waals surface area contributed by atoms with E-state index in [4.69, 9.17) is 5.73 Å². The molecule has 2 aromatic carbocycles. The predicted octanol–water partition coefficient (Wildman–Crippen LogP) is 6.64. The highest BCUT2D eigenvalue weighted by Crippen LogP contribution is 2.30. The van der Waals surface area contributed by atoms with Gasteiger partial charge in [0.1, 0.15) is 17.5 Å². The molecule has 2 aliphatic rings. The molecule has 2 N–H and O–H groups in total. The molecule has 2 unspecified atom stereocenters. The number of thiol groups is 1. The zero-order valence-corrected chi connectivity index (χ0v) is 21.0. The van der Waals surface area contributed by atoms with E-state index in [1.54, 1.807) is 17.7 Å². The molecule has 1 heterocycles. The third-order valence-electron chi connectivity index (χ3n) is 5.71. The van der Waals surface area contributed by atoms with Crippen molar-refractivity contribution in [3.05, 3.63) is 71.1 Å². The van der Waals surface area contributed by atoms with Gasteiger partial charge in [-0.2, -0.15) is 12.6 Å². The number of nitrogens with two attached hydrogens (primary N) is 1. The molecule has 1 saturated carbocycles. The number of nitrogens with zero attached hydrogens (tertiary/aromatic N) is 1. The van der Waals surface area contributed by atoms with Crippen LogP contribution in [0.2, 0.25) is 0 Å². The first-order valence-electron chi connectivity index (χ1n) is 11.7. The Morgan fingerprint density at radius 2 is 1.79 bits per heavy atom. The largest absolute Gasteiger partial charge is 0.326 e. The Hall–Kier alpha value is -1.76. The molecule has 4 rings (SSSR count). The van der Waals surface area contributed by atoms with Gasteiger partial charge in [0, 0.05) is 23.2 Å². The maximum atomic E-state index is 14.8. The fourth-order valence-electron chi connectivity index (χ4n) is 3.93. The van der Waals surface area contributed by atoms with Gasteiger partial charge >= 0.3 is 0 Å². The molecule has 1 saturated heterocycles. The van der Waals surface area contributed by atoms with E-state index in [0.717, 1.165) is 42.8 Å². The second-order valence-corrected chi connectivity index (χ2v) is 9.63. The van der Waals surface area contributed by atoms with E-state index in [1.807, 2.05) is 14.0 Å². The number of benzene rings is 2. The summed E-state index contributed by atoms with van der Waals surface area (Å²) in [6.07, 6.45) is 6.44. The summed E-state index contributed by atoms with van der Waals surface area (Å²) in [5.74, 6) is -0.0251. The summed E-state index contributed by atoms with van der Waals surface area (Å²) in [5.41, 5.74) is 8.24. The Labute approximate surface area is 202 Å². The van der Waals surface area contributed by atoms with E-state index in [1.165, 1.54) is 18.9 Å². The second kappa shape index (κ2) is 13.2. The van der Waals surface area contributed by atoms with Gasteiger partial charge in [-0.05, 0) is 74.7 Å². The Morgan fingerprint density at radius 3 is 2.30 bits per heavy atom. The van der Waals surface area contributed by atoms with E-state index in [0.29, 0.717) is 12.0 Å². The van der Waals surface area contributed by atoms with Crippen molar-refractivity contribution in [2.45, 2.75) is 58.5 Å². The normalized spacial score (nSPS) is 19.5. The zero-order chi connectivity index (χ0) is 24.5. The third-order valence-corrected chi connectivity index (χ3v) is 5.71. The van der Waals surface area contributed by atoms with Gasteiger partial charge in [0.25, 0.3) is 0 Å². The molecule has 0 radical (unpaired) electrons. The van der Waals surface area contributed by atoms with Gasteiger partial charge in [-0.25, -0.2) is 13.2 Å². The standard InChI is InChI=1S/C18H19F3N2.C7H12.C2H6S/c1-23-8-7-16(22)17(23)9-11-3-2-4-13(18(11)21)14-10-12(19)5-6-15(14)20;1-6(2)5-7-3-4-7;1-2-3/h2-6,10,16-17H,7-9,22H2,1H3;5-6H,3-4H2,1-2H3;3H,2H2,1H3. The molecular weight excluding hydrogens is 441 g/mol. The van der Waals surface area contributed by atoms with Crippen LogP contribution < -0.4 is 5.73 Å². The Kier molecular flexibility index (Phi) is 11.0. The number of likely N-dealkylation sites (N-methyl/N-ethyl adjacent to an activating group) is 1. The summed E-state index contributed by atoms with van der Waals surface area (Å²) < 4.78 is 42.1. The van der Waals surface area contributed by atoms with Crippen LogP contribution in [0, 0.1) is 23.4 Å². The van der Waals surface area contributed by atoms with Crippen molar-refractivity contribution >= 4 is 12.6 Å². The quantitative estimate of drug-likeness (QED) is 0.381. The molecule has 0 aromatic heterocycles. The highest BCUT2D eigenvalue weighted by molar-refractivity contribution is 7.80. The summed E-state index contributed by atoms with van der Waals surface area (Å²) in [7, 11) is 1.96. The van der Waals surface area contributed by atoms with Crippen LogP contribution in [0.25, 0.3) is 11.1 Å². The first kappa shape index (κ1) is 27.5. The van der Waals surface area contributed by atoms with Crippen LogP contribution in [0.4, 0.5) is 13.2 Å². The third kappa shape index (κ3) is 8.51. The minimum atomic E-state index is -0.642. The molecule has 2 fully saturated rings. The summed E-state index contributed by atoms with van der Waals surface area (Å²) in [6, 6.07) is 7.91. The number of hydrogen-bond acceptors (Lipinski definition) is 3. The number of halogens is 3. The zero-order valence-electron chi connectivity index (χ0n) is 20.1. The Balaban J connectivity index is 0.000000321. The van der Waals surface area contributed by atoms with Crippen molar-refractivity contribution in [3.63, 3.8) is 0 Å². The first-order chi connectivity index (χ1) is 15.7. The van der Waals surface area contributed by atoms with E-state index < -0.39 is 17.5 Å². The minimum absolute atomic E-state index is 0.00559. The summed E-state index contributed by atoms with van der Waals surface area (Å²) in [4.78, 5) is 2.11. The molecule has 0 bridgehead atoms. The van der Waals surface area contributed by atoms with Crippen LogP contribution in [0.3, 0.4) is 0 Å². The molecule has 2 aromatic rings. The summed E-state index contributed by atoms with van der Waals surface area (Å²) in [5, 5.41) is 0. The molecule has 1 aliphatic heterocycles.